The summed E-state index contributed by atoms with van der Waals surface area (Å²) in [5, 5.41) is 7.15. The van der Waals surface area contributed by atoms with Gasteiger partial charge in [-0.25, -0.2) is 0 Å². The van der Waals surface area contributed by atoms with E-state index in [0.717, 1.165) is 4.47 Å². The van der Waals surface area contributed by atoms with E-state index in [4.69, 9.17) is 0 Å². The van der Waals surface area contributed by atoms with E-state index in [1.807, 2.05) is 0 Å². The third-order valence-corrected chi connectivity index (χ3v) is 3.88. The molecule has 1 fully saturated rings. The van der Waals surface area contributed by atoms with Crippen LogP contribution in [0.1, 0.15) is 31.7 Å². The predicted molar refractivity (Wildman–Crippen MR) is 77.6 cm³/mol. The lowest BCUT2D eigenvalue weighted by Crippen LogP contribution is -2.29. The summed E-state index contributed by atoms with van der Waals surface area (Å²) < 4.78 is 1.14. The number of nitrogens with one attached hydrogen (secondary N) is 2. The number of hydrogen-bond donors (Lipinski definition) is 2. The van der Waals surface area contributed by atoms with Crippen LogP contribution in [0.4, 0.5) is 5.69 Å². The van der Waals surface area contributed by atoms with Crippen molar-refractivity contribution < 1.29 is 0 Å². The van der Waals surface area contributed by atoms with Gasteiger partial charge in [-0.05, 0) is 63.4 Å². The molecule has 1 aromatic rings. The molecule has 17 heavy (non-hydrogen) atoms. The van der Waals surface area contributed by atoms with Crippen molar-refractivity contribution in [1.82, 2.24) is 5.32 Å². The van der Waals surface area contributed by atoms with Gasteiger partial charge >= 0.3 is 0 Å². The highest BCUT2D eigenvalue weighted by Gasteiger charge is 2.17. The Morgan fingerprint density at radius 2 is 2.35 bits per heavy atom. The fourth-order valence-electron chi connectivity index (χ4n) is 2.50. The van der Waals surface area contributed by atoms with Crippen LogP contribution in [-0.2, 0) is 0 Å². The summed E-state index contributed by atoms with van der Waals surface area (Å²) in [6.45, 7) is 5.60. The zero-order chi connectivity index (χ0) is 12.3. The first-order chi connectivity index (χ1) is 8.15. The summed E-state index contributed by atoms with van der Waals surface area (Å²) in [4.78, 5) is 0. The predicted octanol–water partition coefficient (Wildman–Crippen LogP) is 3.70. The average molecular weight is 297 g/mol. The second-order valence-corrected chi connectivity index (χ2v) is 5.95. The molecule has 1 aliphatic rings. The molecule has 2 nitrogen and oxygen atoms in total. The maximum Gasteiger partial charge on any atom is 0.0372 e. The van der Waals surface area contributed by atoms with Crippen LogP contribution in [0.2, 0.25) is 0 Å². The largest absolute Gasteiger partial charge is 0.382 e. The molecule has 1 saturated heterocycles. The molecule has 0 spiro atoms. The Bertz CT molecular complexity index is 372. The van der Waals surface area contributed by atoms with Gasteiger partial charge in [0.15, 0.2) is 0 Å². The van der Waals surface area contributed by atoms with Crippen LogP contribution in [0.25, 0.3) is 0 Å². The first-order valence-electron chi connectivity index (χ1n) is 6.41. The summed E-state index contributed by atoms with van der Waals surface area (Å²) in [6.07, 6.45) is 3.86. The second-order valence-electron chi connectivity index (χ2n) is 5.03. The Hall–Kier alpha value is -0.540. The number of anilines is 1. The molecule has 1 aliphatic heterocycles. The highest BCUT2D eigenvalue weighted by molar-refractivity contribution is 9.10. The van der Waals surface area contributed by atoms with E-state index in [0.29, 0.717) is 12.1 Å². The van der Waals surface area contributed by atoms with Gasteiger partial charge in [0.2, 0.25) is 0 Å². The Kier molecular flexibility index (Phi) is 4.46. The van der Waals surface area contributed by atoms with Gasteiger partial charge < -0.3 is 10.6 Å². The summed E-state index contributed by atoms with van der Waals surface area (Å²) >= 11 is 3.50. The highest BCUT2D eigenvalue weighted by atomic mass is 79.9. The number of halogens is 1. The van der Waals surface area contributed by atoms with Crippen LogP contribution < -0.4 is 10.6 Å². The molecule has 2 N–H and O–H groups in total. The van der Waals surface area contributed by atoms with E-state index in [1.54, 1.807) is 0 Å². The fourth-order valence-corrected chi connectivity index (χ4v) is 2.97. The van der Waals surface area contributed by atoms with Crippen molar-refractivity contribution >= 4 is 21.6 Å². The maximum atomic E-state index is 3.60. The van der Waals surface area contributed by atoms with E-state index in [2.05, 4.69) is 58.6 Å². The summed E-state index contributed by atoms with van der Waals surface area (Å²) in [5.41, 5.74) is 2.55. The van der Waals surface area contributed by atoms with E-state index < -0.39 is 0 Å². The first kappa shape index (κ1) is 12.9. The van der Waals surface area contributed by atoms with Gasteiger partial charge in [0, 0.05) is 22.2 Å². The Morgan fingerprint density at radius 3 is 3.00 bits per heavy atom. The molecule has 0 aliphatic carbocycles. The molecule has 0 aromatic heterocycles. The third-order valence-electron chi connectivity index (χ3n) is 3.39. The van der Waals surface area contributed by atoms with E-state index in [9.17, 15) is 0 Å². The van der Waals surface area contributed by atoms with Crippen LogP contribution in [0.15, 0.2) is 22.7 Å². The molecule has 1 aromatic carbocycles. The summed E-state index contributed by atoms with van der Waals surface area (Å²) in [7, 11) is 0. The van der Waals surface area contributed by atoms with E-state index in [-0.39, 0.29) is 0 Å². The Labute approximate surface area is 112 Å². The quantitative estimate of drug-likeness (QED) is 0.885. The average Bonchev–Trinajstić information content (AvgIpc) is 2.75. The number of rotatable bonds is 4. The van der Waals surface area contributed by atoms with Crippen molar-refractivity contribution in [3.05, 3.63) is 28.2 Å². The molecule has 2 unspecified atom stereocenters. The van der Waals surface area contributed by atoms with Gasteiger partial charge in [-0.15, -0.1) is 0 Å². The van der Waals surface area contributed by atoms with Crippen molar-refractivity contribution in [1.29, 1.82) is 0 Å². The Balaban J connectivity index is 1.90. The summed E-state index contributed by atoms with van der Waals surface area (Å²) in [6, 6.07) is 7.62. The molecule has 94 valence electrons. The minimum Gasteiger partial charge on any atom is -0.382 e. The monoisotopic (exact) mass is 296 g/mol. The molecule has 2 rings (SSSR count). The van der Waals surface area contributed by atoms with Crippen LogP contribution in [-0.4, -0.2) is 18.6 Å². The standard InChI is InChI=1S/C14H21BrN2/c1-10-8-12(15)5-6-14(10)17-11(2)9-13-4-3-7-16-13/h5-6,8,11,13,16-17H,3-4,7,9H2,1-2H3. The van der Waals surface area contributed by atoms with E-state index in [1.165, 1.54) is 37.1 Å². The third kappa shape index (κ3) is 3.71. The highest BCUT2D eigenvalue weighted by Crippen LogP contribution is 2.22. The van der Waals surface area contributed by atoms with Gasteiger partial charge in [0.25, 0.3) is 0 Å². The van der Waals surface area contributed by atoms with Crippen LogP contribution in [0, 0.1) is 6.92 Å². The van der Waals surface area contributed by atoms with E-state index >= 15 is 0 Å². The SMILES string of the molecule is Cc1cc(Br)ccc1NC(C)CC1CCCN1. The molecule has 3 heteroatoms. The van der Waals surface area contributed by atoms with Crippen LogP contribution in [0.3, 0.4) is 0 Å². The number of hydrogen-bond acceptors (Lipinski definition) is 2. The molecule has 0 amide bonds. The van der Waals surface area contributed by atoms with Crippen molar-refractivity contribution in [3.8, 4) is 0 Å². The zero-order valence-corrected chi connectivity index (χ0v) is 12.2. The van der Waals surface area contributed by atoms with Crippen molar-refractivity contribution in [3.63, 3.8) is 0 Å². The summed E-state index contributed by atoms with van der Waals surface area (Å²) in [5.74, 6) is 0. The number of aryl methyl sites for hydroxylation is 1. The van der Waals surface area contributed by atoms with Crippen molar-refractivity contribution in [2.75, 3.05) is 11.9 Å². The van der Waals surface area contributed by atoms with Crippen LogP contribution in [0.5, 0.6) is 0 Å². The smallest absolute Gasteiger partial charge is 0.0372 e. The molecule has 0 radical (unpaired) electrons. The maximum absolute atomic E-state index is 3.60. The molecular formula is C14H21BrN2. The molecule has 0 bridgehead atoms. The molecule has 1 heterocycles. The van der Waals surface area contributed by atoms with Gasteiger partial charge in [-0.1, -0.05) is 15.9 Å². The van der Waals surface area contributed by atoms with Crippen LogP contribution >= 0.6 is 15.9 Å². The minimum absolute atomic E-state index is 0.519. The Morgan fingerprint density at radius 1 is 1.53 bits per heavy atom. The lowest BCUT2D eigenvalue weighted by atomic mass is 10.1. The van der Waals surface area contributed by atoms with Gasteiger partial charge in [0.1, 0.15) is 0 Å². The number of benzene rings is 1. The fraction of sp³-hybridized carbons (Fsp3) is 0.571. The molecular weight excluding hydrogens is 276 g/mol. The van der Waals surface area contributed by atoms with Crippen molar-refractivity contribution in [2.24, 2.45) is 0 Å². The zero-order valence-electron chi connectivity index (χ0n) is 10.6. The first-order valence-corrected chi connectivity index (χ1v) is 7.20. The normalized spacial score (nSPS) is 21.5. The minimum atomic E-state index is 0.519. The van der Waals surface area contributed by atoms with Gasteiger partial charge in [0.05, 0.1) is 0 Å². The van der Waals surface area contributed by atoms with Gasteiger partial charge in [-0.3, -0.25) is 0 Å². The van der Waals surface area contributed by atoms with Gasteiger partial charge in [-0.2, -0.15) is 0 Å². The topological polar surface area (TPSA) is 24.1 Å². The van der Waals surface area contributed by atoms with Crippen molar-refractivity contribution in [2.45, 2.75) is 45.2 Å². The molecule has 2 atom stereocenters. The molecule has 0 saturated carbocycles. The second kappa shape index (κ2) is 5.87. The lowest BCUT2D eigenvalue weighted by molar-refractivity contribution is 0.523. The lowest BCUT2D eigenvalue weighted by Gasteiger charge is -2.20.